The monoisotopic (exact) mass is 340 g/mol. The van der Waals surface area contributed by atoms with E-state index in [9.17, 15) is 4.79 Å². The largest absolute Gasteiger partial charge is 0.493 e. The number of hydrogen-bond acceptors (Lipinski definition) is 4. The summed E-state index contributed by atoms with van der Waals surface area (Å²) in [4.78, 5) is 14.9. The van der Waals surface area contributed by atoms with E-state index in [1.807, 2.05) is 49.0 Å². The van der Waals surface area contributed by atoms with Crippen molar-refractivity contribution in [3.63, 3.8) is 0 Å². The van der Waals surface area contributed by atoms with Crippen LogP contribution < -0.4 is 10.1 Å². The summed E-state index contributed by atoms with van der Waals surface area (Å²) in [5.41, 5.74) is 2.24. The first-order valence-electron chi connectivity index (χ1n) is 8.88. The van der Waals surface area contributed by atoms with E-state index in [4.69, 9.17) is 4.74 Å². The van der Waals surface area contributed by atoms with Gasteiger partial charge < -0.3 is 10.1 Å². The number of nitrogens with one attached hydrogen (secondary N) is 1. The molecular weight excluding hydrogens is 316 g/mol. The Labute approximate surface area is 147 Å². The van der Waals surface area contributed by atoms with Gasteiger partial charge in [0, 0.05) is 31.3 Å². The summed E-state index contributed by atoms with van der Waals surface area (Å²) in [6.45, 7) is 6.38. The molecule has 0 unspecified atom stereocenters. The summed E-state index contributed by atoms with van der Waals surface area (Å²) >= 11 is 0. The summed E-state index contributed by atoms with van der Waals surface area (Å²) in [6.07, 6.45) is 4.75. The molecule has 1 aromatic heterocycles. The fraction of sp³-hybridized carbons (Fsp3) is 0.474. The summed E-state index contributed by atoms with van der Waals surface area (Å²) in [5.74, 6) is 0.960. The van der Waals surface area contributed by atoms with Crippen molar-refractivity contribution in [2.45, 2.75) is 38.4 Å². The van der Waals surface area contributed by atoms with Gasteiger partial charge in [-0.15, -0.1) is 0 Å². The Morgan fingerprint density at radius 2 is 2.16 bits per heavy atom. The van der Waals surface area contributed by atoms with Crippen LogP contribution in [0.1, 0.15) is 36.6 Å². The Bertz CT molecular complexity index is 766. The van der Waals surface area contributed by atoms with Crippen molar-refractivity contribution < 1.29 is 9.53 Å². The van der Waals surface area contributed by atoms with E-state index in [1.54, 1.807) is 0 Å². The van der Waals surface area contributed by atoms with Gasteiger partial charge in [0.15, 0.2) is 0 Å². The Hall–Kier alpha value is -2.34. The maximum atomic E-state index is 12.7. The van der Waals surface area contributed by atoms with Crippen LogP contribution in [0.15, 0.2) is 36.7 Å². The second-order valence-corrected chi connectivity index (χ2v) is 7.02. The molecule has 1 fully saturated rings. The zero-order valence-corrected chi connectivity index (χ0v) is 14.7. The average Bonchev–Trinajstić information content (AvgIpc) is 2.99. The van der Waals surface area contributed by atoms with Crippen molar-refractivity contribution >= 4 is 5.91 Å². The van der Waals surface area contributed by atoms with E-state index in [-0.39, 0.29) is 18.0 Å². The smallest absolute Gasteiger partial charge is 0.237 e. The molecule has 6 nitrogen and oxygen atoms in total. The number of amides is 1. The highest BCUT2D eigenvalue weighted by Crippen LogP contribution is 2.32. The molecule has 1 aromatic carbocycles. The van der Waals surface area contributed by atoms with E-state index in [2.05, 4.69) is 21.5 Å². The number of fused-ring (bicyclic) bond motifs is 1. The van der Waals surface area contributed by atoms with Crippen LogP contribution in [0.4, 0.5) is 0 Å². The molecule has 3 heterocycles. The van der Waals surface area contributed by atoms with Gasteiger partial charge in [-0.2, -0.15) is 5.10 Å². The van der Waals surface area contributed by atoms with Gasteiger partial charge in [-0.3, -0.25) is 14.4 Å². The number of para-hydroxylation sites is 1. The first-order chi connectivity index (χ1) is 12.1. The molecular formula is C19H24N4O2. The maximum Gasteiger partial charge on any atom is 0.237 e. The van der Waals surface area contributed by atoms with Gasteiger partial charge in [-0.05, 0) is 25.5 Å². The zero-order chi connectivity index (χ0) is 17.4. The predicted octanol–water partition coefficient (Wildman–Crippen LogP) is 2.08. The lowest BCUT2D eigenvalue weighted by molar-refractivity contribution is -0.129. The Balaban J connectivity index is 1.35. The van der Waals surface area contributed by atoms with Crippen LogP contribution in [0.3, 0.4) is 0 Å². The summed E-state index contributed by atoms with van der Waals surface area (Å²) in [5, 5.41) is 7.57. The Morgan fingerprint density at radius 1 is 1.36 bits per heavy atom. The Morgan fingerprint density at radius 3 is 2.92 bits per heavy atom. The lowest BCUT2D eigenvalue weighted by Crippen LogP contribution is -2.56. The average molecular weight is 340 g/mol. The molecule has 1 saturated heterocycles. The molecule has 1 N–H and O–H groups in total. The lowest BCUT2D eigenvalue weighted by atomic mass is 9.99. The van der Waals surface area contributed by atoms with Crippen LogP contribution in [0.25, 0.3) is 0 Å². The minimum atomic E-state index is -0.136. The van der Waals surface area contributed by atoms with Gasteiger partial charge in [-0.1, -0.05) is 18.2 Å². The number of carbonyl (C=O) groups is 1. The topological polar surface area (TPSA) is 59.4 Å². The highest BCUT2D eigenvalue weighted by molar-refractivity contribution is 5.82. The number of likely N-dealkylation sites (tertiary alicyclic amines) is 1. The molecule has 2 aliphatic heterocycles. The second kappa shape index (κ2) is 6.52. The third-order valence-electron chi connectivity index (χ3n) is 5.20. The number of aromatic nitrogens is 2. The fourth-order valence-corrected chi connectivity index (χ4v) is 3.55. The number of aryl methyl sites for hydroxylation is 1. The zero-order valence-electron chi connectivity index (χ0n) is 14.7. The number of rotatable bonds is 4. The predicted molar refractivity (Wildman–Crippen MR) is 94.5 cm³/mol. The van der Waals surface area contributed by atoms with Crippen molar-refractivity contribution in [2.24, 2.45) is 0 Å². The molecule has 4 rings (SSSR count). The van der Waals surface area contributed by atoms with Crippen LogP contribution in [-0.4, -0.2) is 46.3 Å². The van der Waals surface area contributed by atoms with Crippen LogP contribution in [-0.2, 0) is 4.79 Å². The maximum absolute atomic E-state index is 12.7. The first kappa shape index (κ1) is 16.1. The lowest BCUT2D eigenvalue weighted by Gasteiger charge is -2.42. The fourth-order valence-electron chi connectivity index (χ4n) is 3.55. The Kier molecular flexibility index (Phi) is 4.21. The molecule has 0 spiro atoms. The summed E-state index contributed by atoms with van der Waals surface area (Å²) in [6, 6.07) is 8.21. The third kappa shape index (κ3) is 3.14. The van der Waals surface area contributed by atoms with Crippen LogP contribution in [0, 0.1) is 6.92 Å². The molecule has 0 aliphatic carbocycles. The van der Waals surface area contributed by atoms with Gasteiger partial charge in [0.05, 0.1) is 30.9 Å². The second-order valence-electron chi connectivity index (χ2n) is 7.02. The minimum absolute atomic E-state index is 0.0331. The van der Waals surface area contributed by atoms with Crippen LogP contribution >= 0.6 is 0 Å². The third-order valence-corrected chi connectivity index (χ3v) is 5.20. The van der Waals surface area contributed by atoms with Gasteiger partial charge in [0.1, 0.15) is 5.75 Å². The molecule has 2 aliphatic rings. The van der Waals surface area contributed by atoms with Gasteiger partial charge in [-0.25, -0.2) is 0 Å². The van der Waals surface area contributed by atoms with E-state index in [1.165, 1.54) is 5.56 Å². The van der Waals surface area contributed by atoms with Gasteiger partial charge >= 0.3 is 0 Å². The van der Waals surface area contributed by atoms with Gasteiger partial charge in [0.2, 0.25) is 5.91 Å². The number of ether oxygens (including phenoxy) is 1. The van der Waals surface area contributed by atoms with E-state index < -0.39 is 0 Å². The molecule has 132 valence electrons. The standard InChI is InChI=1S/C19H24N4O2/c1-13-9-20-23(10-13)15-11-22(12-15)14(2)19(24)21-17-7-8-25-18-6-4-3-5-16(17)18/h3-6,9-10,14-15,17H,7-8,11-12H2,1-2H3,(H,21,24)/t14-,17-/m0/s1. The molecule has 2 atom stereocenters. The van der Waals surface area contributed by atoms with Crippen molar-refractivity contribution in [1.29, 1.82) is 0 Å². The van der Waals surface area contributed by atoms with Crippen molar-refractivity contribution in [2.75, 3.05) is 19.7 Å². The molecule has 0 saturated carbocycles. The normalized spacial score (nSPS) is 21.8. The van der Waals surface area contributed by atoms with E-state index >= 15 is 0 Å². The highest BCUT2D eigenvalue weighted by Gasteiger charge is 2.36. The van der Waals surface area contributed by atoms with Crippen molar-refractivity contribution in [1.82, 2.24) is 20.0 Å². The quantitative estimate of drug-likeness (QED) is 0.926. The first-order valence-corrected chi connectivity index (χ1v) is 8.88. The highest BCUT2D eigenvalue weighted by atomic mass is 16.5. The number of carbonyl (C=O) groups excluding carboxylic acids is 1. The van der Waals surface area contributed by atoms with E-state index in [0.29, 0.717) is 12.6 Å². The van der Waals surface area contributed by atoms with E-state index in [0.717, 1.165) is 30.8 Å². The van der Waals surface area contributed by atoms with Crippen LogP contribution in [0.2, 0.25) is 0 Å². The number of hydrogen-bond donors (Lipinski definition) is 1. The number of benzene rings is 1. The van der Waals surface area contributed by atoms with Gasteiger partial charge in [0.25, 0.3) is 0 Å². The SMILES string of the molecule is Cc1cnn(C2CN([C@@H](C)C(=O)N[C@H]3CCOc4ccccc43)C2)c1. The van der Waals surface area contributed by atoms with Crippen molar-refractivity contribution in [3.05, 3.63) is 47.8 Å². The molecule has 2 aromatic rings. The van der Waals surface area contributed by atoms with Crippen molar-refractivity contribution in [3.8, 4) is 5.75 Å². The molecule has 0 bridgehead atoms. The number of nitrogens with zero attached hydrogens (tertiary/aromatic N) is 3. The summed E-state index contributed by atoms with van der Waals surface area (Å²) < 4.78 is 7.67. The molecule has 0 radical (unpaired) electrons. The molecule has 25 heavy (non-hydrogen) atoms. The summed E-state index contributed by atoms with van der Waals surface area (Å²) in [7, 11) is 0. The minimum Gasteiger partial charge on any atom is -0.493 e. The van der Waals surface area contributed by atoms with Crippen LogP contribution in [0.5, 0.6) is 5.75 Å². The molecule has 6 heteroatoms. The molecule has 1 amide bonds.